The number of carbonyl (C=O) groups is 2. The second kappa shape index (κ2) is 11.2. The van der Waals surface area contributed by atoms with Gasteiger partial charge < -0.3 is 15.6 Å². The Hall–Kier alpha value is -3.32. The Bertz CT molecular complexity index is 1110. The number of rotatable bonds is 10. The quantitative estimate of drug-likeness (QED) is 0.438. The maximum absolute atomic E-state index is 12.9. The third-order valence-electron chi connectivity index (χ3n) is 5.80. The van der Waals surface area contributed by atoms with Crippen LogP contribution in [0.5, 0.6) is 0 Å². The fraction of sp³-hybridized carbons (Fsp3) is 0.407. The highest BCUT2D eigenvalue weighted by Crippen LogP contribution is 2.27. The molecule has 3 aromatic rings. The molecule has 1 heterocycles. The van der Waals surface area contributed by atoms with E-state index in [2.05, 4.69) is 30.7 Å². The maximum Gasteiger partial charge on any atom is 0.358 e. The third-order valence-corrected chi connectivity index (χ3v) is 5.80. The standard InChI is InChI=1S/C27H33N3O4/c1-27(2,3)14-13-19(25(28)32)16-23(31)24(15-18-9-5-4-6-10-18)34-26(33)22-17-29-20-11-7-8-12-21(20)30-22/h4-12,17,19,23-24,31H,13-16H2,1-3H3,(H2,28,32)/t19-,23+,24+/m1/s1. The maximum atomic E-state index is 12.9. The lowest BCUT2D eigenvalue weighted by Gasteiger charge is -2.27. The first-order chi connectivity index (χ1) is 16.1. The van der Waals surface area contributed by atoms with Crippen LogP contribution >= 0.6 is 0 Å². The molecule has 0 unspecified atom stereocenters. The molecule has 0 spiro atoms. The number of nitrogens with two attached hydrogens (primary N) is 1. The van der Waals surface area contributed by atoms with Crippen molar-refractivity contribution in [1.82, 2.24) is 9.97 Å². The van der Waals surface area contributed by atoms with E-state index in [-0.39, 0.29) is 17.5 Å². The molecule has 1 aromatic heterocycles. The third kappa shape index (κ3) is 7.35. The molecule has 180 valence electrons. The van der Waals surface area contributed by atoms with Crippen molar-refractivity contribution in [2.24, 2.45) is 17.1 Å². The lowest BCUT2D eigenvalue weighted by molar-refractivity contribution is -0.124. The molecule has 7 heteroatoms. The highest BCUT2D eigenvalue weighted by Gasteiger charge is 2.30. The van der Waals surface area contributed by atoms with Crippen LogP contribution in [0, 0.1) is 11.3 Å². The van der Waals surface area contributed by atoms with Crippen LogP contribution in [-0.4, -0.2) is 39.2 Å². The lowest BCUT2D eigenvalue weighted by Crippen LogP contribution is -2.38. The topological polar surface area (TPSA) is 115 Å². The van der Waals surface area contributed by atoms with Crippen molar-refractivity contribution >= 4 is 22.9 Å². The number of nitrogens with zero attached hydrogens (tertiary/aromatic N) is 2. The summed E-state index contributed by atoms with van der Waals surface area (Å²) in [5.74, 6) is -1.66. The molecule has 0 radical (unpaired) electrons. The average molecular weight is 464 g/mol. The Morgan fingerprint density at radius 1 is 1.03 bits per heavy atom. The Morgan fingerprint density at radius 3 is 2.32 bits per heavy atom. The molecule has 3 rings (SSSR count). The number of aliphatic hydroxyl groups excluding tert-OH is 1. The normalized spacial score (nSPS) is 14.4. The van der Waals surface area contributed by atoms with Crippen LogP contribution in [0.15, 0.2) is 60.8 Å². The van der Waals surface area contributed by atoms with E-state index in [0.29, 0.717) is 23.9 Å². The molecule has 1 amide bonds. The van der Waals surface area contributed by atoms with Gasteiger partial charge in [0.1, 0.15) is 6.10 Å². The predicted molar refractivity (Wildman–Crippen MR) is 131 cm³/mol. The molecule has 0 aliphatic rings. The van der Waals surface area contributed by atoms with Gasteiger partial charge in [-0.05, 0) is 42.4 Å². The Morgan fingerprint density at radius 2 is 1.68 bits per heavy atom. The van der Waals surface area contributed by atoms with Gasteiger partial charge in [-0.3, -0.25) is 9.78 Å². The number of hydrogen-bond donors (Lipinski definition) is 2. The molecule has 0 saturated heterocycles. The fourth-order valence-electron chi connectivity index (χ4n) is 3.78. The van der Waals surface area contributed by atoms with Crippen LogP contribution in [0.3, 0.4) is 0 Å². The summed E-state index contributed by atoms with van der Waals surface area (Å²) in [7, 11) is 0. The second-order valence-electron chi connectivity index (χ2n) is 9.88. The first kappa shape index (κ1) is 25.3. The minimum Gasteiger partial charge on any atom is -0.454 e. The van der Waals surface area contributed by atoms with Crippen LogP contribution in [0.4, 0.5) is 0 Å². The van der Waals surface area contributed by atoms with Gasteiger partial charge in [-0.15, -0.1) is 0 Å². The first-order valence-electron chi connectivity index (χ1n) is 11.6. The Kier molecular flexibility index (Phi) is 8.34. The summed E-state index contributed by atoms with van der Waals surface area (Å²) in [5.41, 5.74) is 7.87. The number of aliphatic hydroxyl groups is 1. The van der Waals surface area contributed by atoms with Gasteiger partial charge in [-0.1, -0.05) is 63.2 Å². The monoisotopic (exact) mass is 463 g/mol. The van der Waals surface area contributed by atoms with E-state index in [9.17, 15) is 14.7 Å². The van der Waals surface area contributed by atoms with Crippen molar-refractivity contribution in [2.45, 2.75) is 58.7 Å². The number of esters is 1. The molecule has 2 aromatic carbocycles. The molecule has 0 bridgehead atoms. The van der Waals surface area contributed by atoms with Crippen molar-refractivity contribution in [2.75, 3.05) is 0 Å². The summed E-state index contributed by atoms with van der Waals surface area (Å²) in [5, 5.41) is 11.1. The van der Waals surface area contributed by atoms with E-state index < -0.39 is 30.0 Å². The summed E-state index contributed by atoms with van der Waals surface area (Å²) >= 11 is 0. The highest BCUT2D eigenvalue weighted by atomic mass is 16.6. The molecule has 0 fully saturated rings. The van der Waals surface area contributed by atoms with Crippen LogP contribution in [-0.2, 0) is 16.0 Å². The van der Waals surface area contributed by atoms with Crippen molar-refractivity contribution in [3.63, 3.8) is 0 Å². The largest absolute Gasteiger partial charge is 0.454 e. The summed E-state index contributed by atoms with van der Waals surface area (Å²) in [6, 6.07) is 16.7. The number of aromatic nitrogens is 2. The molecule has 3 atom stereocenters. The second-order valence-corrected chi connectivity index (χ2v) is 9.88. The van der Waals surface area contributed by atoms with Gasteiger partial charge in [0.15, 0.2) is 5.69 Å². The molecule has 7 nitrogen and oxygen atoms in total. The summed E-state index contributed by atoms with van der Waals surface area (Å²) in [6.07, 6.45) is 1.15. The van der Waals surface area contributed by atoms with E-state index in [1.165, 1.54) is 6.20 Å². The molecule has 0 aliphatic heterocycles. The average Bonchev–Trinajstić information content (AvgIpc) is 2.80. The molecule has 0 aliphatic carbocycles. The highest BCUT2D eigenvalue weighted by molar-refractivity contribution is 5.89. The van der Waals surface area contributed by atoms with Crippen molar-refractivity contribution < 1.29 is 19.4 Å². The van der Waals surface area contributed by atoms with Crippen molar-refractivity contribution in [3.05, 3.63) is 72.1 Å². The van der Waals surface area contributed by atoms with Gasteiger partial charge >= 0.3 is 5.97 Å². The molecular weight excluding hydrogens is 430 g/mol. The van der Waals surface area contributed by atoms with E-state index in [1.54, 1.807) is 12.1 Å². The minimum absolute atomic E-state index is 0.0311. The zero-order valence-electron chi connectivity index (χ0n) is 20.0. The van der Waals surface area contributed by atoms with Gasteiger partial charge in [0.2, 0.25) is 5.91 Å². The minimum atomic E-state index is -1.07. The van der Waals surface area contributed by atoms with Gasteiger partial charge in [0, 0.05) is 12.3 Å². The van der Waals surface area contributed by atoms with Crippen LogP contribution in [0.2, 0.25) is 0 Å². The molecule has 0 saturated carbocycles. The summed E-state index contributed by atoms with van der Waals surface area (Å²) in [6.45, 7) is 6.27. The molecule has 34 heavy (non-hydrogen) atoms. The van der Waals surface area contributed by atoms with E-state index >= 15 is 0 Å². The lowest BCUT2D eigenvalue weighted by atomic mass is 9.84. The van der Waals surface area contributed by atoms with Crippen LogP contribution in [0.1, 0.15) is 56.1 Å². The van der Waals surface area contributed by atoms with E-state index in [0.717, 1.165) is 12.0 Å². The Balaban J connectivity index is 1.78. The number of fused-ring (bicyclic) bond motifs is 1. The van der Waals surface area contributed by atoms with Gasteiger partial charge in [-0.25, -0.2) is 9.78 Å². The zero-order valence-corrected chi connectivity index (χ0v) is 20.0. The molecular formula is C27H33N3O4. The number of primary amides is 1. The summed E-state index contributed by atoms with van der Waals surface area (Å²) < 4.78 is 5.73. The summed E-state index contributed by atoms with van der Waals surface area (Å²) in [4.78, 5) is 33.6. The first-order valence-corrected chi connectivity index (χ1v) is 11.6. The number of carbonyl (C=O) groups excluding carboxylic acids is 2. The fourth-order valence-corrected chi connectivity index (χ4v) is 3.78. The number of hydrogen-bond acceptors (Lipinski definition) is 6. The van der Waals surface area contributed by atoms with Crippen molar-refractivity contribution in [3.8, 4) is 0 Å². The Labute approximate surface area is 200 Å². The number of benzene rings is 2. The van der Waals surface area contributed by atoms with Crippen molar-refractivity contribution in [1.29, 1.82) is 0 Å². The predicted octanol–water partition coefficient (Wildman–Crippen LogP) is 4.08. The molecule has 3 N–H and O–H groups in total. The number of para-hydroxylation sites is 2. The SMILES string of the molecule is CC(C)(C)CC[C@H](C[C@H](O)[C@H](Cc1ccccc1)OC(=O)c1cnc2ccccc2n1)C(N)=O. The smallest absolute Gasteiger partial charge is 0.358 e. The van der Waals surface area contributed by atoms with Gasteiger partial charge in [0.25, 0.3) is 0 Å². The van der Waals surface area contributed by atoms with Gasteiger partial charge in [-0.2, -0.15) is 0 Å². The number of ether oxygens (including phenoxy) is 1. The van der Waals surface area contributed by atoms with E-state index in [1.807, 2.05) is 42.5 Å². The van der Waals surface area contributed by atoms with Crippen LogP contribution in [0.25, 0.3) is 11.0 Å². The zero-order chi connectivity index (χ0) is 24.7. The van der Waals surface area contributed by atoms with Gasteiger partial charge in [0.05, 0.1) is 23.3 Å². The van der Waals surface area contributed by atoms with Crippen LogP contribution < -0.4 is 5.73 Å². The number of amides is 1. The van der Waals surface area contributed by atoms with E-state index in [4.69, 9.17) is 10.5 Å².